The standard InChI is InChI=1S/C14H18F2N2O/c1-8-6-11(13(16)7-12(8)15)14(19)18-5-4-17-9(2)10(18)3/h6-7,9-10,17H,4-5H2,1-3H3. The minimum absolute atomic E-state index is 0.0222. The molecule has 3 nitrogen and oxygen atoms in total. The van der Waals surface area contributed by atoms with E-state index >= 15 is 0 Å². The minimum Gasteiger partial charge on any atom is -0.333 e. The van der Waals surface area contributed by atoms with Crippen molar-refractivity contribution in [1.82, 2.24) is 10.2 Å². The van der Waals surface area contributed by atoms with Gasteiger partial charge in [-0.1, -0.05) is 0 Å². The van der Waals surface area contributed by atoms with Gasteiger partial charge < -0.3 is 10.2 Å². The number of piperazine rings is 1. The lowest BCUT2D eigenvalue weighted by molar-refractivity contribution is 0.0598. The van der Waals surface area contributed by atoms with E-state index < -0.39 is 11.6 Å². The molecule has 0 saturated carbocycles. The van der Waals surface area contributed by atoms with Crippen LogP contribution in [0.1, 0.15) is 29.8 Å². The number of hydrogen-bond donors (Lipinski definition) is 1. The predicted octanol–water partition coefficient (Wildman–Crippen LogP) is 2.10. The summed E-state index contributed by atoms with van der Waals surface area (Å²) in [4.78, 5) is 14.0. The Balaban J connectivity index is 2.31. The molecule has 1 aliphatic heterocycles. The Kier molecular flexibility index (Phi) is 3.85. The number of amides is 1. The van der Waals surface area contributed by atoms with Crippen LogP contribution in [0.15, 0.2) is 12.1 Å². The fourth-order valence-electron chi connectivity index (χ4n) is 2.32. The van der Waals surface area contributed by atoms with Crippen molar-refractivity contribution in [2.45, 2.75) is 32.9 Å². The van der Waals surface area contributed by atoms with Crippen LogP contribution in [0.2, 0.25) is 0 Å². The maximum Gasteiger partial charge on any atom is 0.257 e. The lowest BCUT2D eigenvalue weighted by Gasteiger charge is -2.38. The summed E-state index contributed by atoms with van der Waals surface area (Å²) < 4.78 is 27.0. The number of hydrogen-bond acceptors (Lipinski definition) is 2. The van der Waals surface area contributed by atoms with E-state index in [1.54, 1.807) is 4.90 Å². The van der Waals surface area contributed by atoms with Crippen molar-refractivity contribution in [2.24, 2.45) is 0 Å². The second-order valence-electron chi connectivity index (χ2n) is 5.06. The van der Waals surface area contributed by atoms with Gasteiger partial charge in [0.2, 0.25) is 0 Å². The van der Waals surface area contributed by atoms with E-state index in [2.05, 4.69) is 5.32 Å². The van der Waals surface area contributed by atoms with Crippen molar-refractivity contribution in [3.63, 3.8) is 0 Å². The lowest BCUT2D eigenvalue weighted by Crippen LogP contribution is -2.57. The third-order valence-corrected chi connectivity index (χ3v) is 3.77. The summed E-state index contributed by atoms with van der Waals surface area (Å²) in [7, 11) is 0. The molecule has 1 heterocycles. The zero-order valence-electron chi connectivity index (χ0n) is 11.3. The number of rotatable bonds is 1. The van der Waals surface area contributed by atoms with Gasteiger partial charge in [-0.25, -0.2) is 8.78 Å². The third kappa shape index (κ3) is 2.61. The van der Waals surface area contributed by atoms with Crippen LogP contribution < -0.4 is 5.32 Å². The second-order valence-corrected chi connectivity index (χ2v) is 5.06. The number of nitrogens with zero attached hydrogens (tertiary/aromatic N) is 1. The summed E-state index contributed by atoms with van der Waals surface area (Å²) in [6, 6.07) is 2.19. The molecule has 1 fully saturated rings. The van der Waals surface area contributed by atoms with Crippen LogP contribution in [0.5, 0.6) is 0 Å². The molecule has 2 rings (SSSR count). The van der Waals surface area contributed by atoms with E-state index in [0.29, 0.717) is 13.1 Å². The molecule has 2 atom stereocenters. The highest BCUT2D eigenvalue weighted by atomic mass is 19.1. The summed E-state index contributed by atoms with van der Waals surface area (Å²) in [5.41, 5.74) is 0.223. The maximum atomic E-state index is 13.8. The quantitative estimate of drug-likeness (QED) is 0.846. The molecule has 1 aromatic carbocycles. The molecule has 104 valence electrons. The Labute approximate surface area is 111 Å². The van der Waals surface area contributed by atoms with Crippen molar-refractivity contribution >= 4 is 5.91 Å². The van der Waals surface area contributed by atoms with Crippen LogP contribution in [-0.2, 0) is 0 Å². The van der Waals surface area contributed by atoms with Crippen molar-refractivity contribution in [3.05, 3.63) is 34.9 Å². The topological polar surface area (TPSA) is 32.3 Å². The van der Waals surface area contributed by atoms with Crippen LogP contribution in [0, 0.1) is 18.6 Å². The molecule has 0 radical (unpaired) electrons. The van der Waals surface area contributed by atoms with Crippen molar-refractivity contribution in [3.8, 4) is 0 Å². The van der Waals surface area contributed by atoms with Gasteiger partial charge in [0.1, 0.15) is 11.6 Å². The molecule has 5 heteroatoms. The first-order valence-electron chi connectivity index (χ1n) is 6.42. The molecule has 2 unspecified atom stereocenters. The lowest BCUT2D eigenvalue weighted by atomic mass is 10.0. The molecule has 1 saturated heterocycles. The van der Waals surface area contributed by atoms with Gasteiger partial charge in [-0.15, -0.1) is 0 Å². The number of benzene rings is 1. The highest BCUT2D eigenvalue weighted by molar-refractivity contribution is 5.95. The summed E-state index contributed by atoms with van der Waals surface area (Å²) in [5, 5.41) is 3.26. The van der Waals surface area contributed by atoms with E-state index in [4.69, 9.17) is 0 Å². The second kappa shape index (κ2) is 5.25. The van der Waals surface area contributed by atoms with Gasteiger partial charge in [0.05, 0.1) is 5.56 Å². The SMILES string of the molecule is Cc1cc(C(=O)N2CCNC(C)C2C)c(F)cc1F. The Hall–Kier alpha value is -1.49. The number of nitrogens with one attached hydrogen (secondary N) is 1. The largest absolute Gasteiger partial charge is 0.333 e. The van der Waals surface area contributed by atoms with Crippen LogP contribution >= 0.6 is 0 Å². The fraction of sp³-hybridized carbons (Fsp3) is 0.500. The molecule has 19 heavy (non-hydrogen) atoms. The Morgan fingerprint density at radius 2 is 2.00 bits per heavy atom. The molecule has 1 aliphatic rings. The summed E-state index contributed by atoms with van der Waals surface area (Å²) in [5.74, 6) is -1.80. The normalized spacial score (nSPS) is 23.5. The zero-order chi connectivity index (χ0) is 14.2. The summed E-state index contributed by atoms with van der Waals surface area (Å²) in [6.45, 7) is 6.63. The highest BCUT2D eigenvalue weighted by Gasteiger charge is 2.30. The smallest absolute Gasteiger partial charge is 0.257 e. The number of carbonyl (C=O) groups is 1. The summed E-state index contributed by atoms with van der Waals surface area (Å²) in [6.07, 6.45) is 0. The van der Waals surface area contributed by atoms with Crippen molar-refractivity contribution in [2.75, 3.05) is 13.1 Å². The molecular weight excluding hydrogens is 250 g/mol. The van der Waals surface area contributed by atoms with E-state index in [-0.39, 0.29) is 29.1 Å². The van der Waals surface area contributed by atoms with E-state index in [9.17, 15) is 13.6 Å². The van der Waals surface area contributed by atoms with Gasteiger partial charge in [-0.05, 0) is 32.4 Å². The summed E-state index contributed by atoms with van der Waals surface area (Å²) >= 11 is 0. The van der Waals surface area contributed by atoms with Crippen LogP contribution in [0.25, 0.3) is 0 Å². The first kappa shape index (κ1) is 13.9. The van der Waals surface area contributed by atoms with Crippen LogP contribution in [0.3, 0.4) is 0 Å². The van der Waals surface area contributed by atoms with Crippen LogP contribution in [0.4, 0.5) is 8.78 Å². The Bertz CT molecular complexity index is 504. The maximum absolute atomic E-state index is 13.8. The van der Waals surface area contributed by atoms with Gasteiger partial charge in [-0.3, -0.25) is 4.79 Å². The molecule has 0 aliphatic carbocycles. The van der Waals surface area contributed by atoms with Gasteiger partial charge in [0.25, 0.3) is 5.91 Å². The van der Waals surface area contributed by atoms with E-state index in [1.807, 2.05) is 13.8 Å². The van der Waals surface area contributed by atoms with Gasteiger partial charge >= 0.3 is 0 Å². The monoisotopic (exact) mass is 268 g/mol. The highest BCUT2D eigenvalue weighted by Crippen LogP contribution is 2.19. The Morgan fingerprint density at radius 3 is 2.68 bits per heavy atom. The predicted molar refractivity (Wildman–Crippen MR) is 69.1 cm³/mol. The van der Waals surface area contributed by atoms with E-state index in [0.717, 1.165) is 6.07 Å². The van der Waals surface area contributed by atoms with Gasteiger partial charge in [0.15, 0.2) is 0 Å². The average molecular weight is 268 g/mol. The molecule has 0 bridgehead atoms. The van der Waals surface area contributed by atoms with Crippen LogP contribution in [-0.4, -0.2) is 36.0 Å². The number of halogens is 2. The molecule has 0 spiro atoms. The van der Waals surface area contributed by atoms with Gasteiger partial charge in [0, 0.05) is 31.2 Å². The number of aryl methyl sites for hydroxylation is 1. The third-order valence-electron chi connectivity index (χ3n) is 3.77. The molecular formula is C14H18F2N2O. The first-order chi connectivity index (χ1) is 8.91. The average Bonchev–Trinajstić information content (AvgIpc) is 2.36. The molecule has 0 aromatic heterocycles. The fourth-order valence-corrected chi connectivity index (χ4v) is 2.32. The van der Waals surface area contributed by atoms with Crippen molar-refractivity contribution in [1.29, 1.82) is 0 Å². The molecule has 1 amide bonds. The Morgan fingerprint density at radius 1 is 1.32 bits per heavy atom. The molecule has 1 N–H and O–H groups in total. The first-order valence-corrected chi connectivity index (χ1v) is 6.42. The van der Waals surface area contributed by atoms with E-state index in [1.165, 1.54) is 13.0 Å². The molecule has 1 aromatic rings. The number of carbonyl (C=O) groups excluding carboxylic acids is 1. The zero-order valence-corrected chi connectivity index (χ0v) is 11.3. The van der Waals surface area contributed by atoms with Crippen molar-refractivity contribution < 1.29 is 13.6 Å². The minimum atomic E-state index is -0.800. The van der Waals surface area contributed by atoms with Gasteiger partial charge in [-0.2, -0.15) is 0 Å².